The number of aromatic nitrogens is 3. The van der Waals surface area contributed by atoms with Gasteiger partial charge < -0.3 is 5.32 Å². The summed E-state index contributed by atoms with van der Waals surface area (Å²) in [6.45, 7) is 0. The summed E-state index contributed by atoms with van der Waals surface area (Å²) in [5.41, 5.74) is 5.80. The maximum Gasteiger partial charge on any atom is 0.274 e. The van der Waals surface area contributed by atoms with Gasteiger partial charge >= 0.3 is 0 Å². The SMILES string of the molecule is Cn1ncc2cccc(N=C3NC(=O)/C(=C/c4ccc5ncsc5c4)N3)c21. The molecule has 1 fully saturated rings. The van der Waals surface area contributed by atoms with Crippen LogP contribution in [0.15, 0.2) is 58.8 Å². The number of fused-ring (bicyclic) bond motifs is 2. The molecule has 132 valence electrons. The standard InChI is InChI=1S/C19H14N6OS/c1-25-17-12(9-21-25)3-2-4-14(17)22-19-23-15(18(26)24-19)7-11-5-6-13-16(8-11)27-10-20-13/h2-10H,1H3,(H2,22,23,24,26)/b15-7-. The van der Waals surface area contributed by atoms with E-state index in [1.807, 2.05) is 55.0 Å². The van der Waals surface area contributed by atoms with Crippen LogP contribution in [0.2, 0.25) is 0 Å². The van der Waals surface area contributed by atoms with E-state index >= 15 is 0 Å². The molecule has 1 aliphatic heterocycles. The summed E-state index contributed by atoms with van der Waals surface area (Å²) in [6, 6.07) is 11.7. The largest absolute Gasteiger partial charge is 0.321 e. The van der Waals surface area contributed by atoms with Crippen molar-refractivity contribution in [3.05, 3.63) is 59.4 Å². The zero-order valence-electron chi connectivity index (χ0n) is 14.3. The Bertz CT molecular complexity index is 1270. The van der Waals surface area contributed by atoms with E-state index in [1.54, 1.807) is 22.2 Å². The van der Waals surface area contributed by atoms with Crippen molar-refractivity contribution in [3.8, 4) is 0 Å². The maximum absolute atomic E-state index is 12.3. The van der Waals surface area contributed by atoms with Gasteiger partial charge in [-0.25, -0.2) is 9.98 Å². The number of nitrogens with zero attached hydrogens (tertiary/aromatic N) is 4. The fourth-order valence-corrected chi connectivity index (χ4v) is 3.82. The minimum absolute atomic E-state index is 0.213. The Morgan fingerprint density at radius 3 is 3.07 bits per heavy atom. The maximum atomic E-state index is 12.3. The molecule has 8 heteroatoms. The predicted molar refractivity (Wildman–Crippen MR) is 107 cm³/mol. The van der Waals surface area contributed by atoms with Crippen molar-refractivity contribution < 1.29 is 4.79 Å². The highest BCUT2D eigenvalue weighted by Gasteiger charge is 2.22. The summed E-state index contributed by atoms with van der Waals surface area (Å²) < 4.78 is 2.85. The summed E-state index contributed by atoms with van der Waals surface area (Å²) in [4.78, 5) is 21.2. The number of carbonyl (C=O) groups excluding carboxylic acids is 1. The molecule has 2 N–H and O–H groups in total. The Kier molecular flexibility index (Phi) is 3.51. The van der Waals surface area contributed by atoms with Crippen molar-refractivity contribution in [2.45, 2.75) is 0 Å². The van der Waals surface area contributed by atoms with Crippen LogP contribution in [0.5, 0.6) is 0 Å². The molecule has 2 aromatic heterocycles. The highest BCUT2D eigenvalue weighted by molar-refractivity contribution is 7.16. The number of carbonyl (C=O) groups is 1. The van der Waals surface area contributed by atoms with Gasteiger partial charge in [0.2, 0.25) is 5.96 Å². The van der Waals surface area contributed by atoms with Crippen molar-refractivity contribution in [2.75, 3.05) is 0 Å². The van der Waals surface area contributed by atoms with Gasteiger partial charge in [0.25, 0.3) is 5.91 Å². The van der Waals surface area contributed by atoms with E-state index in [4.69, 9.17) is 0 Å². The number of nitrogens with one attached hydrogen (secondary N) is 2. The number of hydrogen-bond acceptors (Lipinski definition) is 5. The highest BCUT2D eigenvalue weighted by Crippen LogP contribution is 2.25. The third-order valence-electron chi connectivity index (χ3n) is 4.37. The molecule has 7 nitrogen and oxygen atoms in total. The molecule has 5 rings (SSSR count). The first-order chi connectivity index (χ1) is 13.2. The number of thiazole rings is 1. The first kappa shape index (κ1) is 15.7. The molecule has 1 amide bonds. The van der Waals surface area contributed by atoms with E-state index < -0.39 is 0 Å². The number of para-hydroxylation sites is 1. The van der Waals surface area contributed by atoms with Crippen molar-refractivity contribution in [3.63, 3.8) is 0 Å². The van der Waals surface area contributed by atoms with E-state index in [2.05, 4.69) is 25.7 Å². The summed E-state index contributed by atoms with van der Waals surface area (Å²) in [6.07, 6.45) is 3.60. The van der Waals surface area contributed by atoms with Crippen LogP contribution in [0.4, 0.5) is 5.69 Å². The fourth-order valence-electron chi connectivity index (χ4n) is 3.10. The van der Waals surface area contributed by atoms with E-state index in [0.29, 0.717) is 11.7 Å². The fraction of sp³-hybridized carbons (Fsp3) is 0.0526. The third kappa shape index (κ3) is 2.76. The molecule has 0 unspecified atom stereocenters. The van der Waals surface area contributed by atoms with Gasteiger partial charge in [-0.3, -0.25) is 14.8 Å². The van der Waals surface area contributed by atoms with E-state index in [-0.39, 0.29) is 5.91 Å². The normalized spacial score (nSPS) is 17.1. The average molecular weight is 374 g/mol. The Hall–Kier alpha value is -3.52. The lowest BCUT2D eigenvalue weighted by atomic mass is 10.2. The number of hydrogen-bond donors (Lipinski definition) is 2. The first-order valence-corrected chi connectivity index (χ1v) is 9.18. The minimum atomic E-state index is -0.213. The average Bonchev–Trinajstić information content (AvgIpc) is 3.35. The molecule has 0 radical (unpaired) electrons. The van der Waals surface area contributed by atoms with Crippen molar-refractivity contribution in [1.29, 1.82) is 0 Å². The minimum Gasteiger partial charge on any atom is -0.321 e. The lowest BCUT2D eigenvalue weighted by molar-refractivity contribution is -0.115. The van der Waals surface area contributed by atoms with Gasteiger partial charge in [-0.1, -0.05) is 18.2 Å². The monoisotopic (exact) mass is 374 g/mol. The first-order valence-electron chi connectivity index (χ1n) is 8.30. The van der Waals surface area contributed by atoms with Crippen molar-refractivity contribution in [1.82, 2.24) is 25.4 Å². The van der Waals surface area contributed by atoms with Crippen LogP contribution in [0.3, 0.4) is 0 Å². The number of aliphatic imine (C=N–C) groups is 1. The van der Waals surface area contributed by atoms with Crippen LogP contribution < -0.4 is 10.6 Å². The quantitative estimate of drug-likeness (QED) is 0.529. The Labute approximate surface area is 158 Å². The van der Waals surface area contributed by atoms with Gasteiger partial charge in [0.05, 0.1) is 33.1 Å². The topological polar surface area (TPSA) is 84.2 Å². The predicted octanol–water partition coefficient (Wildman–Crippen LogP) is 2.93. The molecule has 1 aliphatic rings. The molecule has 4 aromatic rings. The zero-order chi connectivity index (χ0) is 18.4. The van der Waals surface area contributed by atoms with Crippen LogP contribution in [0.25, 0.3) is 27.2 Å². The molecule has 2 aromatic carbocycles. The molecule has 0 saturated carbocycles. The van der Waals surface area contributed by atoms with E-state index in [9.17, 15) is 4.79 Å². The van der Waals surface area contributed by atoms with Crippen LogP contribution in [-0.4, -0.2) is 26.6 Å². The molecule has 0 atom stereocenters. The second-order valence-electron chi connectivity index (χ2n) is 6.16. The Morgan fingerprint density at radius 2 is 2.15 bits per heavy atom. The van der Waals surface area contributed by atoms with Crippen LogP contribution in [0.1, 0.15) is 5.56 Å². The second-order valence-corrected chi connectivity index (χ2v) is 7.05. The highest BCUT2D eigenvalue weighted by atomic mass is 32.1. The Morgan fingerprint density at radius 1 is 1.22 bits per heavy atom. The van der Waals surface area contributed by atoms with Crippen molar-refractivity contribution in [2.24, 2.45) is 12.0 Å². The molecule has 0 aliphatic carbocycles. The number of amides is 1. The molecule has 0 spiro atoms. The van der Waals surface area contributed by atoms with Gasteiger partial charge in [-0.2, -0.15) is 5.10 Å². The summed E-state index contributed by atoms with van der Waals surface area (Å²) in [5.74, 6) is 0.189. The summed E-state index contributed by atoms with van der Waals surface area (Å²) in [5, 5.41) is 11.1. The number of benzene rings is 2. The van der Waals surface area contributed by atoms with Crippen LogP contribution in [-0.2, 0) is 11.8 Å². The number of rotatable bonds is 2. The zero-order valence-corrected chi connectivity index (χ0v) is 15.1. The molecule has 27 heavy (non-hydrogen) atoms. The van der Waals surface area contributed by atoms with Gasteiger partial charge in [0.1, 0.15) is 5.70 Å². The van der Waals surface area contributed by atoms with E-state index in [0.717, 1.165) is 32.4 Å². The molecule has 1 saturated heterocycles. The molecular weight excluding hydrogens is 360 g/mol. The van der Waals surface area contributed by atoms with Crippen LogP contribution >= 0.6 is 11.3 Å². The smallest absolute Gasteiger partial charge is 0.274 e. The number of guanidine groups is 1. The summed E-state index contributed by atoms with van der Waals surface area (Å²) in [7, 11) is 1.87. The second kappa shape index (κ2) is 6.03. The van der Waals surface area contributed by atoms with Gasteiger partial charge in [-0.15, -0.1) is 11.3 Å². The lowest BCUT2D eigenvalue weighted by Crippen LogP contribution is -2.24. The van der Waals surface area contributed by atoms with Gasteiger partial charge in [0.15, 0.2) is 0 Å². The third-order valence-corrected chi connectivity index (χ3v) is 5.16. The number of aryl methyl sites for hydroxylation is 1. The molecule has 3 heterocycles. The van der Waals surface area contributed by atoms with Crippen LogP contribution in [0, 0.1) is 0 Å². The Balaban J connectivity index is 1.49. The van der Waals surface area contributed by atoms with E-state index in [1.165, 1.54) is 0 Å². The lowest BCUT2D eigenvalue weighted by Gasteiger charge is -2.02. The van der Waals surface area contributed by atoms with Gasteiger partial charge in [0, 0.05) is 12.4 Å². The summed E-state index contributed by atoms with van der Waals surface area (Å²) >= 11 is 1.57. The molecule has 0 bridgehead atoms. The van der Waals surface area contributed by atoms with Gasteiger partial charge in [-0.05, 0) is 29.8 Å². The molecular formula is C19H14N6OS. The van der Waals surface area contributed by atoms with Crippen molar-refractivity contribution >= 4 is 56.1 Å².